The second-order valence-electron chi connectivity index (χ2n) is 4.29. The fourth-order valence-corrected chi connectivity index (χ4v) is 2.61. The van der Waals surface area contributed by atoms with Gasteiger partial charge in [-0.25, -0.2) is 8.42 Å². The number of nitro benzene ring substituents is 1. The number of phenols is 1. The predicted octanol–water partition coefficient (Wildman–Crippen LogP) is 2.71. The monoisotopic (exact) mass is 320 g/mol. The molecule has 0 aromatic heterocycles. The fraction of sp³-hybridized carbons (Fsp3) is 0. The molecule has 0 aliphatic heterocycles. The summed E-state index contributed by atoms with van der Waals surface area (Å²) in [4.78, 5) is 10.1. The minimum Gasteiger partial charge on any atom is -0.502 e. The van der Waals surface area contributed by atoms with E-state index in [0.717, 1.165) is 17.6 Å². The van der Waals surface area contributed by atoms with Gasteiger partial charge in [0.25, 0.3) is 10.0 Å². The lowest BCUT2D eigenvalue weighted by Gasteiger charge is -2.04. The van der Waals surface area contributed by atoms with Crippen molar-refractivity contribution in [3.05, 3.63) is 69.6 Å². The van der Waals surface area contributed by atoms with Crippen molar-refractivity contribution in [1.29, 1.82) is 0 Å². The van der Waals surface area contributed by atoms with Crippen LogP contribution < -0.4 is 4.72 Å². The van der Waals surface area contributed by atoms with E-state index in [0.29, 0.717) is 5.69 Å². The molecule has 0 amide bonds. The van der Waals surface area contributed by atoms with E-state index in [2.05, 4.69) is 4.72 Å². The van der Waals surface area contributed by atoms with Crippen molar-refractivity contribution in [1.82, 2.24) is 0 Å². The maximum absolute atomic E-state index is 11.9. The van der Waals surface area contributed by atoms with Crippen molar-refractivity contribution in [2.45, 2.75) is 0 Å². The van der Waals surface area contributed by atoms with Gasteiger partial charge < -0.3 is 5.11 Å². The molecular formula is C14H12N2O5S. The number of para-hydroxylation sites is 2. The Morgan fingerprint density at radius 3 is 2.41 bits per heavy atom. The molecule has 0 aliphatic carbocycles. The van der Waals surface area contributed by atoms with Crippen molar-refractivity contribution < 1.29 is 18.4 Å². The molecule has 22 heavy (non-hydrogen) atoms. The molecule has 0 spiro atoms. The van der Waals surface area contributed by atoms with Gasteiger partial charge in [-0.05, 0) is 30.3 Å². The largest absolute Gasteiger partial charge is 0.502 e. The maximum Gasteiger partial charge on any atom is 0.317 e. The molecule has 2 aromatic rings. The molecule has 114 valence electrons. The van der Waals surface area contributed by atoms with Crippen LogP contribution in [0.15, 0.2) is 53.9 Å². The van der Waals surface area contributed by atoms with E-state index in [1.165, 1.54) is 12.1 Å². The van der Waals surface area contributed by atoms with E-state index in [9.17, 15) is 23.6 Å². The third-order valence-electron chi connectivity index (χ3n) is 2.69. The molecule has 0 atom stereocenters. The van der Waals surface area contributed by atoms with E-state index < -0.39 is 26.4 Å². The highest BCUT2D eigenvalue weighted by molar-refractivity contribution is 7.95. The molecule has 2 aromatic carbocycles. The molecule has 2 rings (SSSR count). The lowest BCUT2D eigenvalue weighted by Crippen LogP contribution is -2.08. The zero-order valence-electron chi connectivity index (χ0n) is 11.2. The molecule has 7 nitrogen and oxygen atoms in total. The Morgan fingerprint density at radius 2 is 1.77 bits per heavy atom. The number of nitrogens with zero attached hydrogens (tertiary/aromatic N) is 1. The second-order valence-corrected chi connectivity index (χ2v) is 5.85. The van der Waals surface area contributed by atoms with Crippen molar-refractivity contribution >= 4 is 27.5 Å². The van der Waals surface area contributed by atoms with Crippen molar-refractivity contribution in [2.24, 2.45) is 0 Å². The summed E-state index contributed by atoms with van der Waals surface area (Å²) in [6, 6.07) is 12.1. The van der Waals surface area contributed by atoms with Crippen LogP contribution in [-0.2, 0) is 10.0 Å². The zero-order chi connectivity index (χ0) is 16.2. The van der Waals surface area contributed by atoms with Gasteiger partial charge in [0, 0.05) is 5.69 Å². The Kier molecular flexibility index (Phi) is 4.42. The Hall–Kier alpha value is -2.87. The van der Waals surface area contributed by atoms with Gasteiger partial charge in [0.15, 0.2) is 5.75 Å². The summed E-state index contributed by atoms with van der Waals surface area (Å²) in [5.74, 6) is -0.527. The van der Waals surface area contributed by atoms with Crippen LogP contribution >= 0.6 is 0 Å². The van der Waals surface area contributed by atoms with E-state index in [1.54, 1.807) is 30.3 Å². The summed E-state index contributed by atoms with van der Waals surface area (Å²) < 4.78 is 26.1. The summed E-state index contributed by atoms with van der Waals surface area (Å²) in [5, 5.41) is 21.2. The van der Waals surface area contributed by atoms with Crippen LogP contribution in [0.5, 0.6) is 5.75 Å². The Balaban J connectivity index is 2.29. The number of sulfonamides is 1. The number of nitro groups is 1. The average molecular weight is 320 g/mol. The molecule has 2 N–H and O–H groups in total. The SMILES string of the molecule is O=[N+]([O-])c1c(O)cccc1/C=C/S(=O)(=O)Nc1ccccc1. The van der Waals surface area contributed by atoms with Crippen LogP contribution in [0.2, 0.25) is 0 Å². The summed E-state index contributed by atoms with van der Waals surface area (Å²) in [6.07, 6.45) is 1.06. The topological polar surface area (TPSA) is 110 Å². The van der Waals surface area contributed by atoms with Crippen molar-refractivity contribution in [3.63, 3.8) is 0 Å². The van der Waals surface area contributed by atoms with Crippen LogP contribution in [0.1, 0.15) is 5.56 Å². The van der Waals surface area contributed by atoms with Gasteiger partial charge in [-0.3, -0.25) is 14.8 Å². The first-order valence-electron chi connectivity index (χ1n) is 6.11. The Morgan fingerprint density at radius 1 is 1.09 bits per heavy atom. The molecule has 0 unspecified atom stereocenters. The lowest BCUT2D eigenvalue weighted by molar-refractivity contribution is -0.386. The van der Waals surface area contributed by atoms with Crippen molar-refractivity contribution in [2.75, 3.05) is 4.72 Å². The number of hydrogen-bond acceptors (Lipinski definition) is 5. The third kappa shape index (κ3) is 3.83. The molecule has 0 bridgehead atoms. The first kappa shape index (κ1) is 15.5. The van der Waals surface area contributed by atoms with Gasteiger partial charge in [0.1, 0.15) is 0 Å². The smallest absolute Gasteiger partial charge is 0.317 e. The van der Waals surface area contributed by atoms with Crippen LogP contribution in [0.25, 0.3) is 6.08 Å². The van der Waals surface area contributed by atoms with Gasteiger partial charge in [0.2, 0.25) is 0 Å². The van der Waals surface area contributed by atoms with Crippen LogP contribution in [0, 0.1) is 10.1 Å². The fourth-order valence-electron chi connectivity index (χ4n) is 1.75. The number of rotatable bonds is 5. The summed E-state index contributed by atoms with van der Waals surface area (Å²) in [5.41, 5.74) is -0.186. The lowest BCUT2D eigenvalue weighted by atomic mass is 10.1. The Labute approximate surface area is 126 Å². The quantitative estimate of drug-likeness (QED) is 0.650. The highest BCUT2D eigenvalue weighted by atomic mass is 32.2. The van der Waals surface area contributed by atoms with Gasteiger partial charge in [0.05, 0.1) is 15.9 Å². The number of anilines is 1. The van der Waals surface area contributed by atoms with Crippen LogP contribution in [0.3, 0.4) is 0 Å². The van der Waals surface area contributed by atoms with E-state index in [1.807, 2.05) is 0 Å². The van der Waals surface area contributed by atoms with Gasteiger partial charge in [-0.15, -0.1) is 0 Å². The number of phenolic OH excluding ortho intramolecular Hbond substituents is 1. The zero-order valence-corrected chi connectivity index (χ0v) is 12.0. The highest BCUT2D eigenvalue weighted by Crippen LogP contribution is 2.30. The summed E-state index contributed by atoms with van der Waals surface area (Å²) in [7, 11) is -3.82. The van der Waals surface area contributed by atoms with Crippen molar-refractivity contribution in [3.8, 4) is 5.75 Å². The van der Waals surface area contributed by atoms with Crippen LogP contribution in [0.4, 0.5) is 11.4 Å². The molecule has 0 radical (unpaired) electrons. The minimum atomic E-state index is -3.82. The third-order valence-corrected chi connectivity index (χ3v) is 3.70. The Bertz CT molecular complexity index is 816. The normalized spacial score (nSPS) is 11.5. The first-order valence-corrected chi connectivity index (χ1v) is 7.66. The molecule has 0 fully saturated rings. The number of aromatic hydroxyl groups is 1. The number of benzene rings is 2. The highest BCUT2D eigenvalue weighted by Gasteiger charge is 2.17. The maximum atomic E-state index is 11.9. The summed E-state index contributed by atoms with van der Waals surface area (Å²) >= 11 is 0. The molecule has 0 saturated carbocycles. The molecule has 0 heterocycles. The van der Waals surface area contributed by atoms with Gasteiger partial charge >= 0.3 is 5.69 Å². The van der Waals surface area contributed by atoms with E-state index in [-0.39, 0.29) is 5.56 Å². The number of hydrogen-bond donors (Lipinski definition) is 2. The minimum absolute atomic E-state index is 0.0107. The molecule has 0 saturated heterocycles. The van der Waals surface area contributed by atoms with E-state index >= 15 is 0 Å². The first-order chi connectivity index (χ1) is 10.4. The molecule has 8 heteroatoms. The summed E-state index contributed by atoms with van der Waals surface area (Å²) in [6.45, 7) is 0. The van der Waals surface area contributed by atoms with Gasteiger partial charge in [-0.2, -0.15) is 0 Å². The van der Waals surface area contributed by atoms with E-state index in [4.69, 9.17) is 0 Å². The molecular weight excluding hydrogens is 308 g/mol. The van der Waals surface area contributed by atoms with Gasteiger partial charge in [-0.1, -0.05) is 24.3 Å². The van der Waals surface area contributed by atoms with Crippen LogP contribution in [-0.4, -0.2) is 18.4 Å². The predicted molar refractivity (Wildman–Crippen MR) is 82.8 cm³/mol. The average Bonchev–Trinajstić information content (AvgIpc) is 2.45. The molecule has 0 aliphatic rings. The standard InChI is InChI=1S/C14H12N2O5S/c17-13-8-4-5-11(14(13)16(18)19)9-10-22(20,21)15-12-6-2-1-3-7-12/h1-10,15,17H/b10-9+. The second kappa shape index (κ2) is 6.27. The number of nitrogens with one attached hydrogen (secondary N) is 1.